The average Bonchev–Trinajstić information content (AvgIpc) is 3.16. The largest absolute Gasteiger partial charge is 0.465 e. The maximum Gasteiger partial charge on any atom is 0.324 e. The predicted molar refractivity (Wildman–Crippen MR) is 75.2 cm³/mol. The third-order valence-corrected chi connectivity index (χ3v) is 3.32. The summed E-state index contributed by atoms with van der Waals surface area (Å²) < 4.78 is 10.3. The van der Waals surface area contributed by atoms with Crippen LogP contribution in [-0.2, 0) is 14.3 Å². The van der Waals surface area contributed by atoms with Crippen LogP contribution in [0.15, 0.2) is 0 Å². The zero-order valence-electron chi connectivity index (χ0n) is 12.6. The fourth-order valence-corrected chi connectivity index (χ4v) is 1.98. The van der Waals surface area contributed by atoms with Crippen molar-refractivity contribution < 1.29 is 14.3 Å². The van der Waals surface area contributed by atoms with Gasteiger partial charge in [0.2, 0.25) is 0 Å². The van der Waals surface area contributed by atoms with Crippen molar-refractivity contribution in [3.05, 3.63) is 0 Å². The zero-order valence-corrected chi connectivity index (χ0v) is 12.6. The predicted octanol–water partition coefficient (Wildman–Crippen LogP) is 1.03. The van der Waals surface area contributed by atoms with Crippen molar-refractivity contribution in [2.75, 3.05) is 33.4 Å². The highest BCUT2D eigenvalue weighted by atomic mass is 16.5. The normalized spacial score (nSPS) is 16.9. The van der Waals surface area contributed by atoms with Crippen LogP contribution in [-0.4, -0.2) is 62.4 Å². The van der Waals surface area contributed by atoms with Crippen molar-refractivity contribution in [3.8, 4) is 0 Å². The van der Waals surface area contributed by atoms with Gasteiger partial charge in [0.15, 0.2) is 0 Å². The summed E-state index contributed by atoms with van der Waals surface area (Å²) >= 11 is 0. The van der Waals surface area contributed by atoms with Crippen LogP contribution in [0.2, 0.25) is 0 Å². The van der Waals surface area contributed by atoms with Gasteiger partial charge in [-0.15, -0.1) is 0 Å². The minimum absolute atomic E-state index is 0.141. The summed E-state index contributed by atoms with van der Waals surface area (Å²) in [4.78, 5) is 14.2. The molecule has 0 heterocycles. The summed E-state index contributed by atoms with van der Waals surface area (Å²) in [5.41, 5.74) is 0. The molecule has 0 amide bonds. The monoisotopic (exact) mass is 272 g/mol. The Kier molecular flexibility index (Phi) is 7.34. The molecule has 1 aliphatic rings. The quantitative estimate of drug-likeness (QED) is 0.602. The Morgan fingerprint density at radius 3 is 2.58 bits per heavy atom. The molecule has 0 spiro atoms. The minimum Gasteiger partial charge on any atom is -0.465 e. The molecule has 0 aliphatic heterocycles. The fraction of sp³-hybridized carbons (Fsp3) is 0.929. The van der Waals surface area contributed by atoms with Crippen LogP contribution in [0.3, 0.4) is 0 Å². The van der Waals surface area contributed by atoms with E-state index >= 15 is 0 Å². The smallest absolute Gasteiger partial charge is 0.324 e. The van der Waals surface area contributed by atoms with E-state index in [0.717, 1.165) is 19.4 Å². The summed E-state index contributed by atoms with van der Waals surface area (Å²) in [5.74, 6) is -0.141. The van der Waals surface area contributed by atoms with Crippen molar-refractivity contribution in [2.45, 2.75) is 51.7 Å². The van der Waals surface area contributed by atoms with Gasteiger partial charge >= 0.3 is 5.97 Å². The third kappa shape index (κ3) is 6.36. The van der Waals surface area contributed by atoms with Crippen LogP contribution < -0.4 is 5.32 Å². The first-order chi connectivity index (χ1) is 9.08. The van der Waals surface area contributed by atoms with E-state index in [1.165, 1.54) is 0 Å². The van der Waals surface area contributed by atoms with Gasteiger partial charge in [-0.1, -0.05) is 0 Å². The number of methoxy groups -OCH3 is 1. The van der Waals surface area contributed by atoms with Crippen molar-refractivity contribution in [3.63, 3.8) is 0 Å². The van der Waals surface area contributed by atoms with Gasteiger partial charge in [0.1, 0.15) is 6.04 Å². The number of nitrogens with one attached hydrogen (secondary N) is 1. The Hall–Kier alpha value is -0.650. The topological polar surface area (TPSA) is 50.8 Å². The fourth-order valence-electron chi connectivity index (χ4n) is 1.98. The van der Waals surface area contributed by atoms with Crippen molar-refractivity contribution in [1.82, 2.24) is 10.2 Å². The van der Waals surface area contributed by atoms with Gasteiger partial charge < -0.3 is 14.8 Å². The molecule has 1 aliphatic carbocycles. The molecule has 0 aromatic rings. The second-order valence-corrected chi connectivity index (χ2v) is 5.33. The summed E-state index contributed by atoms with van der Waals surface area (Å²) in [5, 5.41) is 3.38. The van der Waals surface area contributed by atoms with Gasteiger partial charge in [-0.2, -0.15) is 0 Å². The molecular weight excluding hydrogens is 244 g/mol. The van der Waals surface area contributed by atoms with Gasteiger partial charge in [0.05, 0.1) is 13.2 Å². The van der Waals surface area contributed by atoms with E-state index in [4.69, 9.17) is 9.47 Å². The molecule has 112 valence electrons. The molecule has 1 saturated carbocycles. The maximum absolute atomic E-state index is 12.0. The van der Waals surface area contributed by atoms with E-state index in [1.807, 2.05) is 6.92 Å². The minimum atomic E-state index is -0.230. The van der Waals surface area contributed by atoms with Crippen LogP contribution in [0.4, 0.5) is 0 Å². The maximum atomic E-state index is 12.0. The molecule has 0 aromatic carbocycles. The number of carbonyl (C=O) groups excluding carboxylic acids is 1. The third-order valence-electron chi connectivity index (χ3n) is 3.32. The first-order valence-corrected chi connectivity index (χ1v) is 7.24. The first-order valence-electron chi connectivity index (χ1n) is 7.24. The van der Waals surface area contributed by atoms with Gasteiger partial charge in [-0.25, -0.2) is 0 Å². The number of esters is 1. The highest BCUT2D eigenvalue weighted by Crippen LogP contribution is 2.20. The van der Waals surface area contributed by atoms with E-state index in [2.05, 4.69) is 24.1 Å². The number of rotatable bonds is 10. The lowest BCUT2D eigenvalue weighted by molar-refractivity contribution is -0.146. The summed E-state index contributed by atoms with van der Waals surface area (Å²) in [7, 11) is 1.70. The van der Waals surface area contributed by atoms with E-state index in [0.29, 0.717) is 31.8 Å². The number of carbonyl (C=O) groups is 1. The van der Waals surface area contributed by atoms with E-state index in [1.54, 1.807) is 7.11 Å². The zero-order chi connectivity index (χ0) is 14.3. The average molecular weight is 272 g/mol. The molecule has 1 fully saturated rings. The first kappa shape index (κ1) is 16.4. The molecule has 5 nitrogen and oxygen atoms in total. The number of hydrogen-bond donors (Lipinski definition) is 1. The lowest BCUT2D eigenvalue weighted by atomic mass is 10.2. The van der Waals surface area contributed by atoms with Crippen molar-refractivity contribution in [1.29, 1.82) is 0 Å². The standard InChI is InChI=1S/C14H28N2O3/c1-5-19-14(17)13(15-12-6-7-12)10-16(11(2)3)8-9-18-4/h11-13,15H,5-10H2,1-4H3. The summed E-state index contributed by atoms with van der Waals surface area (Å²) in [6, 6.07) is 0.644. The van der Waals surface area contributed by atoms with Crippen LogP contribution in [0, 0.1) is 0 Å². The number of ether oxygens (including phenoxy) is 2. The second kappa shape index (κ2) is 8.51. The number of hydrogen-bond acceptors (Lipinski definition) is 5. The summed E-state index contributed by atoms with van der Waals surface area (Å²) in [6.45, 7) is 8.73. The number of nitrogens with zero attached hydrogens (tertiary/aromatic N) is 1. The second-order valence-electron chi connectivity index (χ2n) is 5.33. The van der Waals surface area contributed by atoms with Crippen molar-refractivity contribution >= 4 is 5.97 Å². The Balaban J connectivity index is 2.53. The Morgan fingerprint density at radius 2 is 2.11 bits per heavy atom. The molecule has 1 unspecified atom stereocenters. The van der Waals surface area contributed by atoms with Gasteiger partial charge in [0.25, 0.3) is 0 Å². The van der Waals surface area contributed by atoms with Gasteiger partial charge in [-0.05, 0) is 33.6 Å². The molecule has 5 heteroatoms. The van der Waals surface area contributed by atoms with Crippen LogP contribution in [0.5, 0.6) is 0 Å². The molecular formula is C14H28N2O3. The van der Waals surface area contributed by atoms with Crippen LogP contribution in [0.1, 0.15) is 33.6 Å². The highest BCUT2D eigenvalue weighted by Gasteiger charge is 2.30. The lowest BCUT2D eigenvalue weighted by Gasteiger charge is -2.30. The Bertz CT molecular complexity index is 267. The van der Waals surface area contributed by atoms with Gasteiger partial charge in [-0.3, -0.25) is 9.69 Å². The molecule has 19 heavy (non-hydrogen) atoms. The molecule has 0 saturated heterocycles. The Labute approximate surface area is 116 Å². The molecule has 0 bridgehead atoms. The van der Waals surface area contributed by atoms with Gasteiger partial charge in [0, 0.05) is 32.3 Å². The highest BCUT2D eigenvalue weighted by molar-refractivity contribution is 5.76. The molecule has 0 radical (unpaired) electrons. The van der Waals surface area contributed by atoms with E-state index in [9.17, 15) is 4.79 Å². The molecule has 0 aromatic heterocycles. The van der Waals surface area contributed by atoms with E-state index < -0.39 is 0 Å². The van der Waals surface area contributed by atoms with E-state index in [-0.39, 0.29) is 12.0 Å². The molecule has 1 atom stereocenters. The summed E-state index contributed by atoms with van der Waals surface area (Å²) in [6.07, 6.45) is 2.32. The SMILES string of the molecule is CCOC(=O)C(CN(CCOC)C(C)C)NC1CC1. The Morgan fingerprint density at radius 1 is 1.42 bits per heavy atom. The van der Waals surface area contributed by atoms with Crippen LogP contribution in [0.25, 0.3) is 0 Å². The molecule has 1 N–H and O–H groups in total. The van der Waals surface area contributed by atoms with Crippen molar-refractivity contribution in [2.24, 2.45) is 0 Å². The lowest BCUT2D eigenvalue weighted by Crippen LogP contribution is -2.50. The molecule has 1 rings (SSSR count). The van der Waals surface area contributed by atoms with Crippen LogP contribution >= 0.6 is 0 Å².